The lowest BCUT2D eigenvalue weighted by Gasteiger charge is -2.10. The van der Waals surface area contributed by atoms with E-state index in [9.17, 15) is 4.79 Å². The molecule has 0 bridgehead atoms. The highest BCUT2D eigenvalue weighted by molar-refractivity contribution is 8.00. The van der Waals surface area contributed by atoms with Crippen LogP contribution in [0, 0.1) is 6.92 Å². The van der Waals surface area contributed by atoms with E-state index in [1.165, 1.54) is 18.0 Å². The first-order valence-corrected chi connectivity index (χ1v) is 10.1. The summed E-state index contributed by atoms with van der Waals surface area (Å²) in [5.41, 5.74) is 3.40. The molecule has 0 aliphatic rings. The van der Waals surface area contributed by atoms with Crippen LogP contribution < -0.4 is 10.7 Å². The lowest BCUT2D eigenvalue weighted by atomic mass is 10.3. The van der Waals surface area contributed by atoms with Crippen molar-refractivity contribution in [3.05, 3.63) is 58.8 Å². The number of nitrogens with one attached hydrogen (secondary N) is 2. The molecule has 3 rings (SSSR count). The zero-order valence-electron chi connectivity index (χ0n) is 16.2. The van der Waals surface area contributed by atoms with Crippen molar-refractivity contribution in [1.82, 2.24) is 20.2 Å². The van der Waals surface area contributed by atoms with Crippen LogP contribution in [-0.4, -0.2) is 32.1 Å². The highest BCUT2D eigenvalue weighted by Crippen LogP contribution is 2.22. The van der Waals surface area contributed by atoms with Crippen LogP contribution >= 0.6 is 23.4 Å². The molecular formula is C19H21ClN6O2S. The average Bonchev–Trinajstić information content (AvgIpc) is 3.26. The van der Waals surface area contributed by atoms with Gasteiger partial charge >= 0.3 is 0 Å². The summed E-state index contributed by atoms with van der Waals surface area (Å²) in [5.74, 6) is 1.86. The molecule has 2 N–H and O–H groups in total. The normalized spacial score (nSPS) is 12.3. The van der Waals surface area contributed by atoms with Gasteiger partial charge in [0.1, 0.15) is 11.5 Å². The monoisotopic (exact) mass is 432 g/mol. The van der Waals surface area contributed by atoms with Gasteiger partial charge in [-0.2, -0.15) is 5.10 Å². The Morgan fingerprint density at radius 3 is 2.93 bits per heavy atom. The third kappa shape index (κ3) is 5.85. The molecule has 8 nitrogen and oxygen atoms in total. The first kappa shape index (κ1) is 20.9. The van der Waals surface area contributed by atoms with Crippen molar-refractivity contribution in [2.75, 3.05) is 5.32 Å². The van der Waals surface area contributed by atoms with Crippen molar-refractivity contribution < 1.29 is 9.21 Å². The number of hydrogen-bond donors (Lipinski definition) is 2. The van der Waals surface area contributed by atoms with Gasteiger partial charge in [-0.1, -0.05) is 29.4 Å². The Labute approximate surface area is 177 Å². The van der Waals surface area contributed by atoms with E-state index in [2.05, 4.69) is 26.0 Å². The molecule has 0 saturated carbocycles. The first-order valence-electron chi connectivity index (χ1n) is 8.86. The maximum absolute atomic E-state index is 12.2. The topological polar surface area (TPSA) is 97.3 Å². The lowest BCUT2D eigenvalue weighted by Crippen LogP contribution is -2.27. The number of amides is 1. The maximum Gasteiger partial charge on any atom is 0.253 e. The number of benzene rings is 1. The molecular weight excluding hydrogens is 412 g/mol. The van der Waals surface area contributed by atoms with Crippen molar-refractivity contribution in [2.24, 2.45) is 12.1 Å². The number of aryl methyl sites for hydroxylation is 1. The Kier molecular flexibility index (Phi) is 6.95. The van der Waals surface area contributed by atoms with Crippen LogP contribution in [0.3, 0.4) is 0 Å². The van der Waals surface area contributed by atoms with Gasteiger partial charge in [0.15, 0.2) is 11.0 Å². The van der Waals surface area contributed by atoms with Gasteiger partial charge in [0.05, 0.1) is 18.0 Å². The predicted molar refractivity (Wildman–Crippen MR) is 114 cm³/mol. The summed E-state index contributed by atoms with van der Waals surface area (Å²) in [7, 11) is 1.86. The molecule has 2 aromatic heterocycles. The van der Waals surface area contributed by atoms with Gasteiger partial charge in [-0.05, 0) is 44.2 Å². The van der Waals surface area contributed by atoms with E-state index in [0.29, 0.717) is 22.5 Å². The van der Waals surface area contributed by atoms with E-state index >= 15 is 0 Å². The van der Waals surface area contributed by atoms with Crippen molar-refractivity contribution in [2.45, 2.75) is 30.8 Å². The third-order valence-corrected chi connectivity index (χ3v) is 5.35. The molecule has 0 aliphatic heterocycles. The van der Waals surface area contributed by atoms with Gasteiger partial charge in [-0.25, -0.2) is 5.43 Å². The van der Waals surface area contributed by atoms with Gasteiger partial charge in [0.25, 0.3) is 5.91 Å². The SMILES string of the molecule is Cc1ccc(/C=N\NC(=O)[C@@H](C)Sc2nnc(CNc3cccc(Cl)c3)n2C)o1. The Balaban J connectivity index is 1.52. The Morgan fingerprint density at radius 2 is 2.21 bits per heavy atom. The van der Waals surface area contributed by atoms with Crippen LogP contribution in [0.25, 0.3) is 0 Å². The van der Waals surface area contributed by atoms with Gasteiger partial charge in [-0.3, -0.25) is 4.79 Å². The number of rotatable bonds is 8. The van der Waals surface area contributed by atoms with Crippen LogP contribution in [-0.2, 0) is 18.4 Å². The quantitative estimate of drug-likeness (QED) is 0.320. The highest BCUT2D eigenvalue weighted by atomic mass is 35.5. The highest BCUT2D eigenvalue weighted by Gasteiger charge is 2.18. The van der Waals surface area contributed by atoms with Crippen molar-refractivity contribution in [3.63, 3.8) is 0 Å². The second-order valence-corrected chi connectivity index (χ2v) is 8.01. The number of anilines is 1. The van der Waals surface area contributed by atoms with Gasteiger partial charge in [0.2, 0.25) is 0 Å². The first-order chi connectivity index (χ1) is 13.9. The van der Waals surface area contributed by atoms with Crippen LogP contribution in [0.15, 0.2) is 51.1 Å². The smallest absolute Gasteiger partial charge is 0.253 e. The molecule has 1 amide bonds. The molecule has 1 atom stereocenters. The molecule has 10 heteroatoms. The summed E-state index contributed by atoms with van der Waals surface area (Å²) in [6.07, 6.45) is 1.46. The number of aromatic nitrogens is 3. The van der Waals surface area contributed by atoms with E-state index in [1.54, 1.807) is 13.0 Å². The van der Waals surface area contributed by atoms with E-state index < -0.39 is 5.25 Å². The molecule has 152 valence electrons. The van der Waals surface area contributed by atoms with Crippen LogP contribution in [0.1, 0.15) is 24.3 Å². The molecule has 0 saturated heterocycles. The molecule has 0 spiro atoms. The van der Waals surface area contributed by atoms with Crippen molar-refractivity contribution in [1.29, 1.82) is 0 Å². The minimum atomic E-state index is -0.401. The fourth-order valence-electron chi connectivity index (χ4n) is 2.37. The summed E-state index contributed by atoms with van der Waals surface area (Å²) in [6.45, 7) is 4.11. The molecule has 1 aromatic carbocycles. The summed E-state index contributed by atoms with van der Waals surface area (Å²) >= 11 is 7.30. The molecule has 0 radical (unpaired) electrons. The molecule has 29 heavy (non-hydrogen) atoms. The van der Waals surface area contributed by atoms with Crippen molar-refractivity contribution in [3.8, 4) is 0 Å². The van der Waals surface area contributed by atoms with Crippen LogP contribution in [0.5, 0.6) is 0 Å². The number of hydrazone groups is 1. The summed E-state index contributed by atoms with van der Waals surface area (Å²) in [6, 6.07) is 11.1. The maximum atomic E-state index is 12.2. The number of hydrogen-bond acceptors (Lipinski definition) is 7. The Bertz CT molecular complexity index is 1020. The molecule has 2 heterocycles. The molecule has 0 unspecified atom stereocenters. The summed E-state index contributed by atoms with van der Waals surface area (Å²) in [4.78, 5) is 12.2. The largest absolute Gasteiger partial charge is 0.460 e. The zero-order chi connectivity index (χ0) is 20.8. The van der Waals surface area contributed by atoms with E-state index in [-0.39, 0.29) is 5.91 Å². The molecule has 0 fully saturated rings. The second-order valence-electron chi connectivity index (χ2n) is 6.26. The Hall–Kier alpha value is -2.78. The number of carbonyl (C=O) groups excluding carboxylic acids is 1. The third-order valence-electron chi connectivity index (χ3n) is 3.98. The fourth-order valence-corrected chi connectivity index (χ4v) is 3.38. The number of halogens is 1. The fraction of sp³-hybridized carbons (Fsp3) is 0.263. The zero-order valence-corrected chi connectivity index (χ0v) is 17.8. The summed E-state index contributed by atoms with van der Waals surface area (Å²) in [5, 5.41) is 16.4. The van der Waals surface area contributed by atoms with Gasteiger partial charge in [0, 0.05) is 17.8 Å². The Morgan fingerprint density at radius 1 is 1.38 bits per heavy atom. The number of thioether (sulfide) groups is 1. The van der Waals surface area contributed by atoms with E-state index in [1.807, 2.05) is 48.9 Å². The van der Waals surface area contributed by atoms with Gasteiger partial charge in [-0.15, -0.1) is 10.2 Å². The van der Waals surface area contributed by atoms with Crippen LogP contribution in [0.4, 0.5) is 5.69 Å². The van der Waals surface area contributed by atoms with E-state index in [0.717, 1.165) is 17.3 Å². The number of nitrogens with zero attached hydrogens (tertiary/aromatic N) is 4. The molecule has 3 aromatic rings. The standard InChI is InChI=1S/C19H21ClN6O2S/c1-12-7-8-16(28-12)10-22-24-18(27)13(2)29-19-25-23-17(26(19)3)11-21-15-6-4-5-14(20)9-15/h4-10,13,21H,11H2,1-3H3,(H,24,27)/b22-10-/t13-/m1/s1. The number of furan rings is 1. The van der Waals surface area contributed by atoms with E-state index in [4.69, 9.17) is 16.0 Å². The average molecular weight is 433 g/mol. The summed E-state index contributed by atoms with van der Waals surface area (Å²) < 4.78 is 7.21. The second kappa shape index (κ2) is 9.62. The van der Waals surface area contributed by atoms with Crippen molar-refractivity contribution >= 4 is 41.2 Å². The van der Waals surface area contributed by atoms with Crippen LogP contribution in [0.2, 0.25) is 5.02 Å². The minimum absolute atomic E-state index is 0.240. The number of carbonyl (C=O) groups is 1. The molecule has 0 aliphatic carbocycles. The predicted octanol–water partition coefficient (Wildman–Crippen LogP) is 3.61. The lowest BCUT2D eigenvalue weighted by molar-refractivity contribution is -0.120. The minimum Gasteiger partial charge on any atom is -0.460 e. The van der Waals surface area contributed by atoms with Gasteiger partial charge < -0.3 is 14.3 Å².